The molecule has 0 saturated heterocycles. The molecule has 0 fully saturated rings. The van der Waals surface area contributed by atoms with E-state index in [1.165, 1.54) is 0 Å². The third-order valence-electron chi connectivity index (χ3n) is 4.78. The molecule has 1 unspecified atom stereocenters. The second-order valence-corrected chi connectivity index (χ2v) is 8.25. The summed E-state index contributed by atoms with van der Waals surface area (Å²) in [6.07, 6.45) is 0. The lowest BCUT2D eigenvalue weighted by Gasteiger charge is -2.24. The van der Waals surface area contributed by atoms with Gasteiger partial charge in [0.05, 0.1) is 16.3 Å². The van der Waals surface area contributed by atoms with Gasteiger partial charge in [0, 0.05) is 7.05 Å². The summed E-state index contributed by atoms with van der Waals surface area (Å²) in [5.41, 5.74) is 3.22. The molecule has 5 heteroatoms. The number of thiazole rings is 1. The third-order valence-corrected chi connectivity index (χ3v) is 5.99. The maximum absolute atomic E-state index is 12.7. The molecule has 0 saturated carbocycles. The lowest BCUT2D eigenvalue weighted by molar-refractivity contribution is -0.134. The van der Waals surface area contributed by atoms with Crippen LogP contribution < -0.4 is 4.74 Å². The van der Waals surface area contributed by atoms with Crippen LogP contribution in [0.5, 0.6) is 5.75 Å². The molecule has 0 spiro atoms. The lowest BCUT2D eigenvalue weighted by Crippen LogP contribution is -2.33. The van der Waals surface area contributed by atoms with Crippen LogP contribution >= 0.6 is 11.3 Å². The molecule has 1 amide bonds. The molecule has 0 aliphatic heterocycles. The van der Waals surface area contributed by atoms with E-state index in [1.54, 1.807) is 16.2 Å². The van der Waals surface area contributed by atoms with E-state index >= 15 is 0 Å². The normalized spacial score (nSPS) is 12.4. The second-order valence-electron chi connectivity index (χ2n) is 7.19. The molecule has 3 aromatic rings. The zero-order valence-electron chi connectivity index (χ0n) is 16.5. The second kappa shape index (κ2) is 8.09. The van der Waals surface area contributed by atoms with Crippen LogP contribution in [0.25, 0.3) is 10.2 Å². The average Bonchev–Trinajstić information content (AvgIpc) is 3.08. The summed E-state index contributed by atoms with van der Waals surface area (Å²) in [5, 5.41) is 0.936. The van der Waals surface area contributed by atoms with Gasteiger partial charge < -0.3 is 9.64 Å². The zero-order chi connectivity index (χ0) is 19.6. The first kappa shape index (κ1) is 19.4. The maximum atomic E-state index is 12.7. The third kappa shape index (κ3) is 4.30. The Morgan fingerprint density at radius 1 is 1.19 bits per heavy atom. The molecule has 4 nitrogen and oxygen atoms in total. The molecule has 3 rings (SSSR count). The van der Waals surface area contributed by atoms with Crippen molar-refractivity contribution in [2.75, 3.05) is 13.7 Å². The van der Waals surface area contributed by atoms with Crippen LogP contribution in [0.15, 0.2) is 42.5 Å². The van der Waals surface area contributed by atoms with Gasteiger partial charge in [0.1, 0.15) is 10.8 Å². The molecule has 27 heavy (non-hydrogen) atoms. The number of carbonyl (C=O) groups excluding carboxylic acids is 1. The molecule has 0 aliphatic rings. The van der Waals surface area contributed by atoms with Crippen molar-refractivity contribution in [3.8, 4) is 5.75 Å². The van der Waals surface area contributed by atoms with Gasteiger partial charge in [-0.1, -0.05) is 38.1 Å². The Morgan fingerprint density at radius 3 is 2.63 bits per heavy atom. The number of rotatable bonds is 6. The summed E-state index contributed by atoms with van der Waals surface area (Å²) in [5.74, 6) is 1.08. The topological polar surface area (TPSA) is 42.4 Å². The molecule has 1 heterocycles. The van der Waals surface area contributed by atoms with E-state index in [4.69, 9.17) is 4.74 Å². The summed E-state index contributed by atoms with van der Waals surface area (Å²) in [7, 11) is 1.81. The number of hydrogen-bond donors (Lipinski definition) is 0. The van der Waals surface area contributed by atoms with Gasteiger partial charge in [-0.15, -0.1) is 11.3 Å². The number of aromatic nitrogens is 1. The number of fused-ring (bicyclic) bond motifs is 1. The van der Waals surface area contributed by atoms with E-state index in [1.807, 2.05) is 45.2 Å². The first-order chi connectivity index (χ1) is 12.9. The van der Waals surface area contributed by atoms with E-state index in [0.29, 0.717) is 5.92 Å². The Hall–Kier alpha value is -2.40. The van der Waals surface area contributed by atoms with E-state index in [2.05, 4.69) is 37.0 Å². The highest BCUT2D eigenvalue weighted by Crippen LogP contribution is 2.30. The number of carbonyl (C=O) groups is 1. The van der Waals surface area contributed by atoms with Gasteiger partial charge in [0.15, 0.2) is 6.61 Å². The summed E-state index contributed by atoms with van der Waals surface area (Å²) in [6.45, 7) is 8.30. The SMILES string of the molecule is Cc1ccc(C(C)C)c(OCC(=O)N(C)C(C)c2nc3ccccc3s2)c1. The Kier molecular flexibility index (Phi) is 5.80. The standard InChI is InChI=1S/C22H26N2O2S/c1-14(2)17-11-10-15(3)12-19(17)26-13-21(25)24(5)16(4)22-23-18-8-6-7-9-20(18)27-22/h6-12,14,16H,13H2,1-5H3. The minimum absolute atomic E-state index is 0.0227. The van der Waals surface area contributed by atoms with Crippen molar-refractivity contribution in [3.05, 3.63) is 58.6 Å². The predicted octanol–water partition coefficient (Wildman–Crippen LogP) is 5.33. The van der Waals surface area contributed by atoms with Crippen LogP contribution in [0.4, 0.5) is 0 Å². The molecule has 0 radical (unpaired) electrons. The summed E-state index contributed by atoms with van der Waals surface area (Å²) in [6, 6.07) is 14.1. The average molecular weight is 383 g/mol. The Balaban J connectivity index is 1.69. The number of nitrogens with zero attached hydrogens (tertiary/aromatic N) is 2. The lowest BCUT2D eigenvalue weighted by atomic mass is 10.0. The highest BCUT2D eigenvalue weighted by atomic mass is 32.1. The Bertz CT molecular complexity index is 915. The van der Waals surface area contributed by atoms with Gasteiger partial charge in [0.2, 0.25) is 0 Å². The molecule has 1 atom stereocenters. The van der Waals surface area contributed by atoms with Crippen molar-refractivity contribution in [1.82, 2.24) is 9.88 Å². The van der Waals surface area contributed by atoms with E-state index in [9.17, 15) is 4.79 Å². The van der Waals surface area contributed by atoms with Crippen LogP contribution in [0, 0.1) is 6.92 Å². The van der Waals surface area contributed by atoms with Crippen molar-refractivity contribution >= 4 is 27.5 Å². The number of benzene rings is 2. The summed E-state index contributed by atoms with van der Waals surface area (Å²) >= 11 is 1.63. The van der Waals surface area contributed by atoms with E-state index in [0.717, 1.165) is 32.1 Å². The smallest absolute Gasteiger partial charge is 0.260 e. The van der Waals surface area contributed by atoms with Crippen LogP contribution in [-0.2, 0) is 4.79 Å². The monoisotopic (exact) mass is 382 g/mol. The quantitative estimate of drug-likeness (QED) is 0.579. The fourth-order valence-corrected chi connectivity index (χ4v) is 4.00. The van der Waals surface area contributed by atoms with E-state index < -0.39 is 0 Å². The zero-order valence-corrected chi connectivity index (χ0v) is 17.3. The molecular weight excluding hydrogens is 356 g/mol. The van der Waals surface area contributed by atoms with Gasteiger partial charge in [-0.2, -0.15) is 0 Å². The maximum Gasteiger partial charge on any atom is 0.260 e. The summed E-state index contributed by atoms with van der Waals surface area (Å²) in [4.78, 5) is 19.1. The van der Waals surface area contributed by atoms with Gasteiger partial charge in [-0.3, -0.25) is 4.79 Å². The fraction of sp³-hybridized carbons (Fsp3) is 0.364. The van der Waals surface area contributed by atoms with Crippen LogP contribution in [0.3, 0.4) is 0 Å². The van der Waals surface area contributed by atoms with Gasteiger partial charge in [0.25, 0.3) is 5.91 Å². The minimum Gasteiger partial charge on any atom is -0.483 e. The number of ether oxygens (including phenoxy) is 1. The first-order valence-electron chi connectivity index (χ1n) is 9.21. The fourth-order valence-electron chi connectivity index (χ4n) is 2.94. The molecular formula is C22H26N2O2S. The number of para-hydroxylation sites is 1. The van der Waals surface area contributed by atoms with Gasteiger partial charge in [-0.05, 0) is 49.1 Å². The molecule has 0 aliphatic carbocycles. The molecule has 2 aromatic carbocycles. The van der Waals surface area contributed by atoms with Crippen molar-refractivity contribution in [3.63, 3.8) is 0 Å². The van der Waals surface area contributed by atoms with E-state index in [-0.39, 0.29) is 18.6 Å². The predicted molar refractivity (Wildman–Crippen MR) is 112 cm³/mol. The highest BCUT2D eigenvalue weighted by molar-refractivity contribution is 7.18. The highest BCUT2D eigenvalue weighted by Gasteiger charge is 2.21. The van der Waals surface area contributed by atoms with Crippen LogP contribution in [0.2, 0.25) is 0 Å². The van der Waals surface area contributed by atoms with Crippen LogP contribution in [-0.4, -0.2) is 29.4 Å². The van der Waals surface area contributed by atoms with Crippen molar-refractivity contribution in [1.29, 1.82) is 0 Å². The number of aryl methyl sites for hydroxylation is 1. The number of amides is 1. The molecule has 0 N–H and O–H groups in total. The van der Waals surface area contributed by atoms with Gasteiger partial charge >= 0.3 is 0 Å². The number of likely N-dealkylation sites (N-methyl/N-ethyl adjacent to an activating group) is 1. The Morgan fingerprint density at radius 2 is 1.93 bits per heavy atom. The van der Waals surface area contributed by atoms with Gasteiger partial charge in [-0.25, -0.2) is 4.98 Å². The number of hydrogen-bond acceptors (Lipinski definition) is 4. The molecule has 0 bridgehead atoms. The minimum atomic E-state index is -0.0967. The van der Waals surface area contributed by atoms with Crippen molar-refractivity contribution in [2.45, 2.75) is 39.7 Å². The van der Waals surface area contributed by atoms with Crippen molar-refractivity contribution < 1.29 is 9.53 Å². The molecule has 142 valence electrons. The van der Waals surface area contributed by atoms with Crippen molar-refractivity contribution in [2.24, 2.45) is 0 Å². The van der Waals surface area contributed by atoms with Crippen LogP contribution in [0.1, 0.15) is 48.9 Å². The summed E-state index contributed by atoms with van der Waals surface area (Å²) < 4.78 is 7.04. The first-order valence-corrected chi connectivity index (χ1v) is 10.0. The largest absolute Gasteiger partial charge is 0.483 e. The Labute approximate surface area is 164 Å². The molecule has 1 aromatic heterocycles.